The van der Waals surface area contributed by atoms with Crippen molar-refractivity contribution in [2.45, 2.75) is 31.6 Å². The van der Waals surface area contributed by atoms with E-state index >= 15 is 0 Å². The zero-order chi connectivity index (χ0) is 24.3. The van der Waals surface area contributed by atoms with Gasteiger partial charge in [0.1, 0.15) is 6.54 Å². The molecule has 0 radical (unpaired) electrons. The summed E-state index contributed by atoms with van der Waals surface area (Å²) in [5.74, 6) is 5.59. The molecule has 1 aromatic carbocycles. The van der Waals surface area contributed by atoms with E-state index < -0.39 is 12.7 Å². The molecule has 3 aromatic rings. The summed E-state index contributed by atoms with van der Waals surface area (Å²) in [7, 11) is 3.80. The first-order chi connectivity index (χ1) is 16.2. The third-order valence-electron chi connectivity index (χ3n) is 5.85. The molecule has 10 heteroatoms. The van der Waals surface area contributed by atoms with Crippen LogP contribution in [0.15, 0.2) is 36.8 Å². The zero-order valence-electron chi connectivity index (χ0n) is 19.1. The molecule has 0 atom stereocenters. The molecule has 4 rings (SSSR count). The van der Waals surface area contributed by atoms with Crippen molar-refractivity contribution in [3.63, 3.8) is 0 Å². The Morgan fingerprint density at radius 1 is 1.24 bits per heavy atom. The number of anilines is 1. The van der Waals surface area contributed by atoms with Crippen molar-refractivity contribution in [2.75, 3.05) is 32.0 Å². The van der Waals surface area contributed by atoms with Crippen LogP contribution >= 0.6 is 0 Å². The van der Waals surface area contributed by atoms with Gasteiger partial charge in [0, 0.05) is 42.1 Å². The highest BCUT2D eigenvalue weighted by Gasteiger charge is 2.28. The first-order valence-electron chi connectivity index (χ1n) is 11.1. The molecule has 0 bridgehead atoms. The summed E-state index contributed by atoms with van der Waals surface area (Å²) < 4.78 is 42.1. The maximum Gasteiger partial charge on any atom is 0.406 e. The Bertz CT molecular complexity index is 1230. The fourth-order valence-electron chi connectivity index (χ4n) is 4.10. The standard InChI is InChI=1S/C24H27F3N6O/c1-31-9-5-19(6-10-31)30-21-12-17(4-3-8-28-23(34)18-14-29-32(2)15-18)13-22-20(21)7-11-33(22)16-24(25,26)27/h7,11-15,19,30H,5-6,8-10,16H2,1-2H3,(H,28,34). The fraction of sp³-hybridized carbons (Fsp3) is 0.417. The lowest BCUT2D eigenvalue weighted by Crippen LogP contribution is -2.36. The Kier molecular flexibility index (Phi) is 6.84. The Balaban J connectivity index is 1.56. The third kappa shape index (κ3) is 5.91. The van der Waals surface area contributed by atoms with Gasteiger partial charge in [0.2, 0.25) is 0 Å². The molecule has 1 saturated heterocycles. The largest absolute Gasteiger partial charge is 0.406 e. The van der Waals surface area contributed by atoms with E-state index in [4.69, 9.17) is 0 Å². The number of hydrogen-bond acceptors (Lipinski definition) is 4. The molecule has 3 heterocycles. The van der Waals surface area contributed by atoms with E-state index in [0.29, 0.717) is 16.6 Å². The van der Waals surface area contributed by atoms with Crippen molar-refractivity contribution in [2.24, 2.45) is 7.05 Å². The number of likely N-dealkylation sites (tertiary alicyclic amines) is 1. The van der Waals surface area contributed by atoms with Crippen molar-refractivity contribution in [3.8, 4) is 11.8 Å². The smallest absolute Gasteiger partial charge is 0.382 e. The van der Waals surface area contributed by atoms with Crippen LogP contribution in [0, 0.1) is 11.8 Å². The van der Waals surface area contributed by atoms with Crippen molar-refractivity contribution in [3.05, 3.63) is 47.9 Å². The second kappa shape index (κ2) is 9.81. The van der Waals surface area contributed by atoms with Crippen molar-refractivity contribution in [1.82, 2.24) is 24.6 Å². The van der Waals surface area contributed by atoms with Gasteiger partial charge in [0.25, 0.3) is 5.91 Å². The van der Waals surface area contributed by atoms with Crippen LogP contribution in [0.3, 0.4) is 0 Å². The average Bonchev–Trinajstić information content (AvgIpc) is 3.38. The zero-order valence-corrected chi connectivity index (χ0v) is 19.1. The topological polar surface area (TPSA) is 67.1 Å². The molecule has 0 saturated carbocycles. The van der Waals surface area contributed by atoms with Gasteiger partial charge in [0.05, 0.1) is 23.8 Å². The number of hydrogen-bond donors (Lipinski definition) is 2. The quantitative estimate of drug-likeness (QED) is 0.560. The van der Waals surface area contributed by atoms with Crippen LogP contribution in [0.2, 0.25) is 0 Å². The molecule has 180 valence electrons. The molecule has 1 amide bonds. The SMILES string of the molecule is CN1CCC(Nc2cc(C#CCNC(=O)c3cnn(C)c3)cc3c2ccn3CC(F)(F)F)CC1. The molecule has 1 fully saturated rings. The molecule has 7 nitrogen and oxygen atoms in total. The van der Waals surface area contributed by atoms with Gasteiger partial charge in [-0.05, 0) is 51.2 Å². The number of carbonyl (C=O) groups is 1. The molecular formula is C24H27F3N6O. The van der Waals surface area contributed by atoms with E-state index in [-0.39, 0.29) is 18.5 Å². The Labute approximate surface area is 195 Å². The molecule has 0 spiro atoms. The second-order valence-corrected chi connectivity index (χ2v) is 8.62. The maximum absolute atomic E-state index is 13.1. The molecular weight excluding hydrogens is 445 g/mol. The van der Waals surface area contributed by atoms with Crippen molar-refractivity contribution in [1.29, 1.82) is 0 Å². The van der Waals surface area contributed by atoms with Gasteiger partial charge in [-0.3, -0.25) is 9.48 Å². The number of carbonyl (C=O) groups excluding carboxylic acids is 1. The van der Waals surface area contributed by atoms with Crippen molar-refractivity contribution >= 4 is 22.5 Å². The molecule has 2 N–H and O–H groups in total. The molecule has 1 aliphatic heterocycles. The van der Waals surface area contributed by atoms with E-state index in [1.807, 2.05) is 6.07 Å². The van der Waals surface area contributed by atoms with Crippen molar-refractivity contribution < 1.29 is 18.0 Å². The molecule has 0 unspecified atom stereocenters. The lowest BCUT2D eigenvalue weighted by Gasteiger charge is -2.30. The van der Waals surface area contributed by atoms with Crippen LogP contribution in [0.5, 0.6) is 0 Å². The Morgan fingerprint density at radius 3 is 2.68 bits per heavy atom. The molecule has 34 heavy (non-hydrogen) atoms. The monoisotopic (exact) mass is 472 g/mol. The van der Waals surface area contributed by atoms with Gasteiger partial charge in [0.15, 0.2) is 0 Å². The molecule has 2 aromatic heterocycles. The van der Waals surface area contributed by atoms with E-state index in [0.717, 1.165) is 37.0 Å². The number of halogens is 3. The number of rotatable bonds is 5. The predicted octanol–water partition coefficient (Wildman–Crippen LogP) is 3.22. The van der Waals surface area contributed by atoms with E-state index in [9.17, 15) is 18.0 Å². The minimum Gasteiger partial charge on any atom is -0.382 e. The lowest BCUT2D eigenvalue weighted by atomic mass is 10.0. The van der Waals surface area contributed by atoms with Crippen LogP contribution in [0.25, 0.3) is 10.9 Å². The number of amides is 1. The summed E-state index contributed by atoms with van der Waals surface area (Å²) in [6, 6.07) is 5.49. The summed E-state index contributed by atoms with van der Waals surface area (Å²) in [5, 5.41) is 10.9. The fourth-order valence-corrected chi connectivity index (χ4v) is 4.10. The first-order valence-corrected chi connectivity index (χ1v) is 11.1. The summed E-state index contributed by atoms with van der Waals surface area (Å²) in [5.41, 5.74) is 2.26. The van der Waals surface area contributed by atoms with Gasteiger partial charge in [-0.2, -0.15) is 18.3 Å². The second-order valence-electron chi connectivity index (χ2n) is 8.62. The normalized spacial score (nSPS) is 15.2. The van der Waals surface area contributed by atoms with Crippen LogP contribution in [-0.4, -0.2) is 64.1 Å². The van der Waals surface area contributed by atoms with Gasteiger partial charge in [-0.1, -0.05) is 11.8 Å². The van der Waals surface area contributed by atoms with E-state index in [1.54, 1.807) is 25.4 Å². The number of nitrogens with one attached hydrogen (secondary N) is 2. The van der Waals surface area contributed by atoms with Gasteiger partial charge in [-0.25, -0.2) is 0 Å². The van der Waals surface area contributed by atoms with Gasteiger partial charge >= 0.3 is 6.18 Å². The first kappa shape index (κ1) is 23.7. The summed E-state index contributed by atoms with van der Waals surface area (Å²) in [4.78, 5) is 14.4. The third-order valence-corrected chi connectivity index (χ3v) is 5.85. The summed E-state index contributed by atoms with van der Waals surface area (Å²) in [6.07, 6.45) is 2.11. The number of fused-ring (bicyclic) bond motifs is 1. The molecule has 1 aliphatic rings. The van der Waals surface area contributed by atoms with Gasteiger partial charge in [-0.15, -0.1) is 0 Å². The number of nitrogens with zero attached hydrogens (tertiary/aromatic N) is 4. The Morgan fingerprint density at radius 2 is 2.00 bits per heavy atom. The minimum absolute atomic E-state index is 0.104. The number of aryl methyl sites for hydroxylation is 1. The summed E-state index contributed by atoms with van der Waals surface area (Å²) >= 11 is 0. The lowest BCUT2D eigenvalue weighted by molar-refractivity contribution is -0.139. The van der Waals surface area contributed by atoms with Crippen LogP contribution < -0.4 is 10.6 Å². The number of aromatic nitrogens is 3. The minimum atomic E-state index is -4.33. The van der Waals surface area contributed by atoms with Gasteiger partial charge < -0.3 is 20.1 Å². The number of benzene rings is 1. The average molecular weight is 473 g/mol. The highest BCUT2D eigenvalue weighted by Crippen LogP contribution is 2.30. The molecule has 0 aliphatic carbocycles. The van der Waals surface area contributed by atoms with E-state index in [1.165, 1.54) is 21.6 Å². The predicted molar refractivity (Wildman–Crippen MR) is 125 cm³/mol. The van der Waals surface area contributed by atoms with Crippen LogP contribution in [0.1, 0.15) is 28.8 Å². The highest BCUT2D eigenvalue weighted by molar-refractivity contribution is 5.94. The van der Waals surface area contributed by atoms with Crippen LogP contribution in [0.4, 0.5) is 18.9 Å². The van der Waals surface area contributed by atoms with E-state index in [2.05, 4.69) is 39.5 Å². The Hall–Kier alpha value is -3.45. The maximum atomic E-state index is 13.1. The number of piperidine rings is 1. The highest BCUT2D eigenvalue weighted by atomic mass is 19.4. The number of alkyl halides is 3. The van der Waals surface area contributed by atoms with Crippen LogP contribution in [-0.2, 0) is 13.6 Å². The summed E-state index contributed by atoms with van der Waals surface area (Å²) in [6.45, 7) is 0.966.